The number of benzene rings is 3. The summed E-state index contributed by atoms with van der Waals surface area (Å²) in [6.07, 6.45) is 1.59. The van der Waals surface area contributed by atoms with Gasteiger partial charge in [-0.15, -0.1) is 0 Å². The van der Waals surface area contributed by atoms with Crippen molar-refractivity contribution in [3.63, 3.8) is 0 Å². The smallest absolute Gasteiger partial charge is 0.240 e. The summed E-state index contributed by atoms with van der Waals surface area (Å²) in [7, 11) is 0. The maximum absolute atomic E-state index is 11.9. The van der Waals surface area contributed by atoms with Crippen LogP contribution in [0.1, 0.15) is 18.4 Å². The molecule has 3 rings (SSSR count). The molecule has 7 heteroatoms. The molecular formula is C23H20ClN3O3. The number of carbonyl (C=O) groups is 2. The summed E-state index contributed by atoms with van der Waals surface area (Å²) in [4.78, 5) is 23.8. The summed E-state index contributed by atoms with van der Waals surface area (Å²) in [5, 5.41) is 7.22. The number of hydrogen-bond donors (Lipinski definition) is 2. The minimum Gasteiger partial charge on any atom is -0.457 e. The number of ether oxygens (including phenoxy) is 1. The fourth-order valence-electron chi connectivity index (χ4n) is 2.50. The highest BCUT2D eigenvalue weighted by molar-refractivity contribution is 6.30. The molecular weight excluding hydrogens is 402 g/mol. The van der Waals surface area contributed by atoms with Crippen LogP contribution < -0.4 is 15.5 Å². The zero-order valence-electron chi connectivity index (χ0n) is 16.0. The first-order chi connectivity index (χ1) is 14.6. The van der Waals surface area contributed by atoms with E-state index in [1.54, 1.807) is 24.3 Å². The molecule has 0 radical (unpaired) electrons. The van der Waals surface area contributed by atoms with Gasteiger partial charge < -0.3 is 10.1 Å². The molecule has 2 amide bonds. The van der Waals surface area contributed by atoms with Gasteiger partial charge in [-0.05, 0) is 54.1 Å². The van der Waals surface area contributed by atoms with E-state index in [-0.39, 0.29) is 24.7 Å². The van der Waals surface area contributed by atoms with Crippen molar-refractivity contribution in [1.29, 1.82) is 0 Å². The van der Waals surface area contributed by atoms with Crippen LogP contribution in [0.25, 0.3) is 0 Å². The number of para-hydroxylation sites is 1. The maximum Gasteiger partial charge on any atom is 0.240 e. The first-order valence-electron chi connectivity index (χ1n) is 9.29. The molecule has 2 N–H and O–H groups in total. The molecule has 0 spiro atoms. The molecule has 3 aromatic carbocycles. The Balaban J connectivity index is 1.43. The van der Waals surface area contributed by atoms with Crippen LogP contribution in [0.3, 0.4) is 0 Å². The van der Waals surface area contributed by atoms with E-state index in [9.17, 15) is 9.59 Å². The summed E-state index contributed by atoms with van der Waals surface area (Å²) >= 11 is 5.80. The van der Waals surface area contributed by atoms with E-state index in [1.165, 1.54) is 6.21 Å². The van der Waals surface area contributed by atoms with E-state index in [0.717, 1.165) is 11.3 Å². The molecule has 6 nitrogen and oxygen atoms in total. The van der Waals surface area contributed by atoms with Crippen molar-refractivity contribution in [2.75, 3.05) is 5.32 Å². The van der Waals surface area contributed by atoms with Crippen LogP contribution in [0.4, 0.5) is 5.69 Å². The Hall–Kier alpha value is -3.64. The van der Waals surface area contributed by atoms with E-state index >= 15 is 0 Å². The monoisotopic (exact) mass is 421 g/mol. The summed E-state index contributed by atoms with van der Waals surface area (Å²) in [5.41, 5.74) is 3.81. The number of carbonyl (C=O) groups excluding carboxylic acids is 2. The molecule has 0 aliphatic carbocycles. The Morgan fingerprint density at radius 3 is 2.33 bits per heavy atom. The normalized spacial score (nSPS) is 10.6. The van der Waals surface area contributed by atoms with Gasteiger partial charge in [-0.3, -0.25) is 9.59 Å². The third kappa shape index (κ3) is 7.07. The van der Waals surface area contributed by atoms with Crippen molar-refractivity contribution >= 4 is 35.3 Å². The second-order valence-electron chi connectivity index (χ2n) is 6.34. The van der Waals surface area contributed by atoms with E-state index in [0.29, 0.717) is 16.5 Å². The lowest BCUT2D eigenvalue weighted by molar-refractivity contribution is -0.124. The van der Waals surface area contributed by atoms with Crippen LogP contribution in [0, 0.1) is 0 Å². The standard InChI is InChI=1S/C23H20ClN3O3/c24-18-9-11-19(12-10-18)26-22(28)13-14-23(29)27-25-16-17-5-4-8-21(15-17)30-20-6-2-1-3-7-20/h1-12,15-16H,13-14H2,(H,26,28)(H,27,29). The highest BCUT2D eigenvalue weighted by Gasteiger charge is 2.07. The van der Waals surface area contributed by atoms with Crippen molar-refractivity contribution < 1.29 is 14.3 Å². The minimum atomic E-state index is -0.353. The van der Waals surface area contributed by atoms with Crippen molar-refractivity contribution in [3.8, 4) is 11.5 Å². The molecule has 0 saturated heterocycles. The molecule has 0 aromatic heterocycles. The number of nitrogens with zero attached hydrogens (tertiary/aromatic N) is 1. The van der Waals surface area contributed by atoms with E-state index in [2.05, 4.69) is 15.8 Å². The number of amides is 2. The number of hydrogen-bond acceptors (Lipinski definition) is 4. The molecule has 0 fully saturated rings. The van der Waals surface area contributed by atoms with E-state index in [4.69, 9.17) is 16.3 Å². The fourth-order valence-corrected chi connectivity index (χ4v) is 2.63. The summed E-state index contributed by atoms with van der Waals surface area (Å²) < 4.78 is 5.77. The SMILES string of the molecule is O=C(CCC(=O)Nc1ccc(Cl)cc1)NN=Cc1cccc(Oc2ccccc2)c1. The summed E-state index contributed by atoms with van der Waals surface area (Å²) in [6, 6.07) is 23.5. The number of nitrogens with one attached hydrogen (secondary N) is 2. The first-order valence-corrected chi connectivity index (χ1v) is 9.66. The van der Waals surface area contributed by atoms with Gasteiger partial charge in [-0.1, -0.05) is 41.9 Å². The highest BCUT2D eigenvalue weighted by Crippen LogP contribution is 2.21. The zero-order chi connectivity index (χ0) is 21.2. The number of hydrazone groups is 1. The third-order valence-corrected chi connectivity index (χ3v) is 4.20. The number of rotatable bonds is 8. The minimum absolute atomic E-state index is 0.0217. The Labute approximate surface area is 179 Å². The van der Waals surface area contributed by atoms with Crippen LogP contribution in [0.15, 0.2) is 84.0 Å². The average Bonchev–Trinajstić information content (AvgIpc) is 2.75. The molecule has 0 heterocycles. The summed E-state index contributed by atoms with van der Waals surface area (Å²) in [6.45, 7) is 0. The molecule has 0 aliphatic rings. The molecule has 3 aromatic rings. The largest absolute Gasteiger partial charge is 0.457 e. The Kier molecular flexibility index (Phi) is 7.58. The van der Waals surface area contributed by atoms with Crippen molar-refractivity contribution in [3.05, 3.63) is 89.4 Å². The lowest BCUT2D eigenvalue weighted by Gasteiger charge is -2.06. The van der Waals surface area contributed by atoms with Crippen LogP contribution in [0.2, 0.25) is 5.02 Å². The van der Waals surface area contributed by atoms with Crippen LogP contribution in [-0.2, 0) is 9.59 Å². The fraction of sp³-hybridized carbons (Fsp3) is 0.0870. The zero-order valence-corrected chi connectivity index (χ0v) is 16.8. The third-order valence-electron chi connectivity index (χ3n) is 3.95. The lowest BCUT2D eigenvalue weighted by Crippen LogP contribution is -2.20. The van der Waals surface area contributed by atoms with Gasteiger partial charge in [0.25, 0.3) is 0 Å². The molecule has 0 aliphatic heterocycles. The topological polar surface area (TPSA) is 79.8 Å². The van der Waals surface area contributed by atoms with Crippen molar-refractivity contribution in [2.45, 2.75) is 12.8 Å². The molecule has 30 heavy (non-hydrogen) atoms. The maximum atomic E-state index is 11.9. The first kappa shape index (κ1) is 21.1. The van der Waals surface area contributed by atoms with E-state index in [1.807, 2.05) is 54.6 Å². The van der Waals surface area contributed by atoms with Crippen LogP contribution >= 0.6 is 11.6 Å². The second kappa shape index (κ2) is 10.8. The van der Waals surface area contributed by atoms with Crippen LogP contribution in [0.5, 0.6) is 11.5 Å². The average molecular weight is 422 g/mol. The molecule has 0 bridgehead atoms. The molecule has 0 unspecified atom stereocenters. The predicted octanol–water partition coefficient (Wildman–Crippen LogP) is 5.00. The van der Waals surface area contributed by atoms with Gasteiger partial charge in [-0.2, -0.15) is 5.10 Å². The highest BCUT2D eigenvalue weighted by atomic mass is 35.5. The van der Waals surface area contributed by atoms with Gasteiger partial charge in [0.2, 0.25) is 11.8 Å². The molecule has 0 saturated carbocycles. The summed E-state index contributed by atoms with van der Waals surface area (Å²) in [5.74, 6) is 0.781. The molecule has 0 atom stereocenters. The molecule has 152 valence electrons. The van der Waals surface area contributed by atoms with Crippen molar-refractivity contribution in [1.82, 2.24) is 5.43 Å². The van der Waals surface area contributed by atoms with Gasteiger partial charge in [0.15, 0.2) is 0 Å². The quantitative estimate of drug-likeness (QED) is 0.396. The van der Waals surface area contributed by atoms with Crippen molar-refractivity contribution in [2.24, 2.45) is 5.10 Å². The van der Waals surface area contributed by atoms with Gasteiger partial charge in [0.05, 0.1) is 6.21 Å². The van der Waals surface area contributed by atoms with Gasteiger partial charge >= 0.3 is 0 Å². The van der Waals surface area contributed by atoms with E-state index < -0.39 is 0 Å². The Morgan fingerprint density at radius 2 is 1.57 bits per heavy atom. The second-order valence-corrected chi connectivity index (χ2v) is 6.77. The predicted molar refractivity (Wildman–Crippen MR) is 118 cm³/mol. The Morgan fingerprint density at radius 1 is 0.867 bits per heavy atom. The number of anilines is 1. The van der Waals surface area contributed by atoms with Crippen LogP contribution in [-0.4, -0.2) is 18.0 Å². The van der Waals surface area contributed by atoms with Gasteiger partial charge in [0, 0.05) is 23.6 Å². The van der Waals surface area contributed by atoms with Gasteiger partial charge in [-0.25, -0.2) is 5.43 Å². The lowest BCUT2D eigenvalue weighted by atomic mass is 10.2. The Bertz CT molecular complexity index is 1020. The number of halogens is 1. The van der Waals surface area contributed by atoms with Gasteiger partial charge in [0.1, 0.15) is 11.5 Å².